The molecule has 0 spiro atoms. The maximum atomic E-state index is 5.78. The quantitative estimate of drug-likeness (QED) is 0.102. The Bertz CT molecular complexity index is 576. The third kappa shape index (κ3) is 14.0. The smallest absolute Gasteiger partial charge is 0.0716 e. The highest BCUT2D eigenvalue weighted by atomic mass is 127. The van der Waals surface area contributed by atoms with Crippen molar-refractivity contribution in [1.82, 2.24) is 0 Å². The lowest BCUT2D eigenvalue weighted by molar-refractivity contribution is 0.116. The van der Waals surface area contributed by atoms with Crippen LogP contribution in [0.1, 0.15) is 75.3 Å². The van der Waals surface area contributed by atoms with Crippen LogP contribution in [0.25, 0.3) is 0 Å². The highest BCUT2D eigenvalue weighted by Gasteiger charge is 2.06. The zero-order valence-corrected chi connectivity index (χ0v) is 21.3. The molecule has 172 valence electrons. The first-order valence-electron chi connectivity index (χ1n) is 12.2. The summed E-state index contributed by atoms with van der Waals surface area (Å²) in [6, 6.07) is 20.9. The number of alkyl halides is 1. The summed E-state index contributed by atoms with van der Waals surface area (Å²) in [6.45, 7) is 3.27. The van der Waals surface area contributed by atoms with Crippen molar-refractivity contribution in [2.24, 2.45) is 5.92 Å². The molecule has 0 unspecified atom stereocenters. The fourth-order valence-electron chi connectivity index (χ4n) is 3.81. The molecule has 0 aromatic heterocycles. The summed E-state index contributed by atoms with van der Waals surface area (Å²) < 4.78 is 12.9. The van der Waals surface area contributed by atoms with Crippen LogP contribution in [-0.2, 0) is 22.7 Å². The lowest BCUT2D eigenvalue weighted by Crippen LogP contribution is -2.02. The second-order valence-corrected chi connectivity index (χ2v) is 9.38. The van der Waals surface area contributed by atoms with E-state index in [0.29, 0.717) is 0 Å². The lowest BCUT2D eigenvalue weighted by Gasteiger charge is -2.14. The third-order valence-corrected chi connectivity index (χ3v) is 6.99. The van der Waals surface area contributed by atoms with Crippen molar-refractivity contribution in [3.63, 3.8) is 0 Å². The number of rotatable bonds is 19. The zero-order chi connectivity index (χ0) is 21.8. The summed E-state index contributed by atoms with van der Waals surface area (Å²) in [5, 5.41) is 0. The minimum absolute atomic E-state index is 0.747. The molecule has 3 heteroatoms. The number of hydrogen-bond acceptors (Lipinski definition) is 2. The van der Waals surface area contributed by atoms with E-state index in [1.165, 1.54) is 79.8 Å². The monoisotopic (exact) mass is 536 g/mol. The Morgan fingerprint density at radius 2 is 0.968 bits per heavy atom. The van der Waals surface area contributed by atoms with Gasteiger partial charge in [-0.25, -0.2) is 0 Å². The van der Waals surface area contributed by atoms with Crippen molar-refractivity contribution < 1.29 is 9.47 Å². The van der Waals surface area contributed by atoms with Crippen LogP contribution < -0.4 is 0 Å². The average Bonchev–Trinajstić information content (AvgIpc) is 2.82. The van der Waals surface area contributed by atoms with Crippen molar-refractivity contribution in [2.45, 2.75) is 77.4 Å². The van der Waals surface area contributed by atoms with Crippen LogP contribution in [0.2, 0.25) is 0 Å². The first-order chi connectivity index (χ1) is 15.4. The number of halogens is 1. The van der Waals surface area contributed by atoms with Crippen LogP contribution in [0, 0.1) is 5.92 Å². The normalized spacial score (nSPS) is 11.3. The number of ether oxygens (including phenoxy) is 2. The predicted octanol–water partition coefficient (Wildman–Crippen LogP) is 8.37. The van der Waals surface area contributed by atoms with E-state index in [9.17, 15) is 0 Å². The van der Waals surface area contributed by atoms with E-state index in [4.69, 9.17) is 9.47 Å². The molecule has 0 N–H and O–H groups in total. The zero-order valence-electron chi connectivity index (χ0n) is 19.2. The van der Waals surface area contributed by atoms with Crippen molar-refractivity contribution in [3.8, 4) is 0 Å². The molecule has 31 heavy (non-hydrogen) atoms. The Balaban J connectivity index is 1.34. The van der Waals surface area contributed by atoms with Gasteiger partial charge in [0.25, 0.3) is 0 Å². The first-order valence-corrected chi connectivity index (χ1v) is 13.7. The van der Waals surface area contributed by atoms with Gasteiger partial charge in [0.05, 0.1) is 13.2 Å². The van der Waals surface area contributed by atoms with E-state index in [0.717, 1.165) is 32.3 Å². The van der Waals surface area contributed by atoms with Crippen LogP contribution >= 0.6 is 22.6 Å². The molecular formula is C28H41IO2. The summed E-state index contributed by atoms with van der Waals surface area (Å²) in [5.74, 6) is 0.907. The second-order valence-electron chi connectivity index (χ2n) is 8.50. The van der Waals surface area contributed by atoms with Gasteiger partial charge in [-0.2, -0.15) is 0 Å². The van der Waals surface area contributed by atoms with Crippen molar-refractivity contribution in [3.05, 3.63) is 71.8 Å². The molecule has 0 saturated heterocycles. The Kier molecular flexibility index (Phi) is 15.8. The van der Waals surface area contributed by atoms with Gasteiger partial charge in [-0.1, -0.05) is 122 Å². The fraction of sp³-hybridized carbons (Fsp3) is 0.571. The molecule has 2 rings (SSSR count). The maximum absolute atomic E-state index is 5.78. The highest BCUT2D eigenvalue weighted by molar-refractivity contribution is 14.1. The van der Waals surface area contributed by atoms with Crippen LogP contribution in [-0.4, -0.2) is 17.6 Å². The molecule has 0 atom stereocenters. The number of unbranched alkanes of at least 4 members (excludes halogenated alkanes) is 6. The standard InChI is InChI=1S/C28H41IO2/c29-23-26(15-7-1-3-13-21-30-24-27-17-9-5-10-18-27)16-8-2-4-14-22-31-25-28-19-11-6-12-20-28/h5-6,9-12,17-20,26H,1-4,7-8,13-16,21-25H2. The molecule has 2 aromatic rings. The van der Waals surface area contributed by atoms with Gasteiger partial charge >= 0.3 is 0 Å². The predicted molar refractivity (Wildman–Crippen MR) is 141 cm³/mol. The highest BCUT2D eigenvalue weighted by Crippen LogP contribution is 2.20. The lowest BCUT2D eigenvalue weighted by atomic mass is 9.96. The second kappa shape index (κ2) is 18.6. The van der Waals surface area contributed by atoms with Gasteiger partial charge in [-0.15, -0.1) is 0 Å². The molecule has 0 aliphatic heterocycles. The fourth-order valence-corrected chi connectivity index (χ4v) is 4.69. The van der Waals surface area contributed by atoms with Gasteiger partial charge in [-0.3, -0.25) is 0 Å². The van der Waals surface area contributed by atoms with Gasteiger partial charge in [-0.05, 0) is 42.7 Å². The van der Waals surface area contributed by atoms with Crippen LogP contribution in [0.15, 0.2) is 60.7 Å². The van der Waals surface area contributed by atoms with Crippen LogP contribution in [0.3, 0.4) is 0 Å². The number of benzene rings is 2. The Labute approximate surface area is 204 Å². The SMILES string of the molecule is ICC(CCCCCCOCc1ccccc1)CCCCCCOCc1ccccc1. The van der Waals surface area contributed by atoms with Gasteiger partial charge in [0.2, 0.25) is 0 Å². The molecule has 0 aliphatic carbocycles. The first kappa shape index (κ1) is 26.3. The summed E-state index contributed by atoms with van der Waals surface area (Å²) >= 11 is 2.58. The average molecular weight is 537 g/mol. The van der Waals surface area contributed by atoms with E-state index in [1.54, 1.807) is 0 Å². The van der Waals surface area contributed by atoms with E-state index < -0.39 is 0 Å². The summed E-state index contributed by atoms with van der Waals surface area (Å²) in [5.41, 5.74) is 2.54. The number of hydrogen-bond donors (Lipinski definition) is 0. The molecule has 0 saturated carbocycles. The molecule has 0 heterocycles. The van der Waals surface area contributed by atoms with E-state index in [-0.39, 0.29) is 0 Å². The molecular weight excluding hydrogens is 495 g/mol. The van der Waals surface area contributed by atoms with Gasteiger partial charge in [0, 0.05) is 17.6 Å². The van der Waals surface area contributed by atoms with Crippen LogP contribution in [0.4, 0.5) is 0 Å². The molecule has 0 aliphatic rings. The summed E-state index contributed by atoms with van der Waals surface area (Å²) in [6.07, 6.45) is 13.2. The van der Waals surface area contributed by atoms with Gasteiger partial charge in [0.1, 0.15) is 0 Å². The van der Waals surface area contributed by atoms with Crippen LogP contribution in [0.5, 0.6) is 0 Å². The van der Waals surface area contributed by atoms with E-state index in [1.807, 2.05) is 0 Å². The largest absolute Gasteiger partial charge is 0.377 e. The molecule has 2 nitrogen and oxygen atoms in total. The molecule has 2 aromatic carbocycles. The van der Waals surface area contributed by atoms with Crippen molar-refractivity contribution in [1.29, 1.82) is 0 Å². The van der Waals surface area contributed by atoms with Gasteiger partial charge in [0.15, 0.2) is 0 Å². The van der Waals surface area contributed by atoms with Gasteiger partial charge < -0.3 is 9.47 Å². The molecule has 0 radical (unpaired) electrons. The van der Waals surface area contributed by atoms with Crippen molar-refractivity contribution in [2.75, 3.05) is 17.6 Å². The van der Waals surface area contributed by atoms with E-state index in [2.05, 4.69) is 83.3 Å². The third-order valence-electron chi connectivity index (χ3n) is 5.74. The Hall–Kier alpha value is -0.910. The minimum atomic E-state index is 0.747. The molecule has 0 fully saturated rings. The minimum Gasteiger partial charge on any atom is -0.377 e. The summed E-state index contributed by atoms with van der Waals surface area (Å²) in [7, 11) is 0. The Morgan fingerprint density at radius 1 is 0.548 bits per heavy atom. The molecule has 0 amide bonds. The maximum Gasteiger partial charge on any atom is 0.0716 e. The molecule has 0 bridgehead atoms. The van der Waals surface area contributed by atoms with E-state index >= 15 is 0 Å². The Morgan fingerprint density at radius 3 is 1.39 bits per heavy atom. The topological polar surface area (TPSA) is 18.5 Å². The van der Waals surface area contributed by atoms with Crippen molar-refractivity contribution >= 4 is 22.6 Å². The summed E-state index contributed by atoms with van der Waals surface area (Å²) in [4.78, 5) is 0.